The molecule has 0 saturated carbocycles. The molecule has 0 bridgehead atoms. The first-order chi connectivity index (χ1) is 14.4. The summed E-state index contributed by atoms with van der Waals surface area (Å²) in [6, 6.07) is 17.0. The molecule has 2 amide bonds. The topological polar surface area (TPSA) is 84.8 Å². The van der Waals surface area contributed by atoms with Crippen molar-refractivity contribution in [2.24, 2.45) is 4.99 Å². The van der Waals surface area contributed by atoms with Gasteiger partial charge in [0.2, 0.25) is 5.91 Å². The first-order valence-electron chi connectivity index (χ1n) is 9.83. The summed E-state index contributed by atoms with van der Waals surface area (Å²) >= 11 is 1.01. The summed E-state index contributed by atoms with van der Waals surface area (Å²) in [6.45, 7) is 1.95. The lowest BCUT2D eigenvalue weighted by Gasteiger charge is -2.22. The maximum Gasteiger partial charge on any atom is 0.286 e. The molecule has 2 heterocycles. The molecule has 0 radical (unpaired) electrons. The molecule has 0 aromatic heterocycles. The van der Waals surface area contributed by atoms with Crippen LogP contribution in [0.4, 0.5) is 4.79 Å². The highest BCUT2D eigenvalue weighted by Gasteiger charge is 2.34. The SMILES string of the molecule is CC1(CCC(=O)c2ccc(CC3SC(=O)NC3=O)cc2)C=NC(c2ccccc2)O1. The van der Waals surface area contributed by atoms with E-state index in [0.717, 1.165) is 22.9 Å². The van der Waals surface area contributed by atoms with E-state index >= 15 is 0 Å². The number of rotatable bonds is 7. The molecule has 3 unspecified atom stereocenters. The molecule has 30 heavy (non-hydrogen) atoms. The minimum Gasteiger partial charge on any atom is -0.340 e. The number of aliphatic imine (C=N–C) groups is 1. The highest BCUT2D eigenvalue weighted by molar-refractivity contribution is 8.15. The normalized spacial score (nSPS) is 25.5. The number of imide groups is 1. The Morgan fingerprint density at radius 3 is 2.53 bits per heavy atom. The minimum absolute atomic E-state index is 0.0334. The van der Waals surface area contributed by atoms with Gasteiger partial charge in [0, 0.05) is 23.8 Å². The Hall–Kier alpha value is -2.77. The van der Waals surface area contributed by atoms with Gasteiger partial charge in [0.15, 0.2) is 12.0 Å². The zero-order chi connectivity index (χ0) is 21.1. The minimum atomic E-state index is -0.574. The molecule has 6 nitrogen and oxygen atoms in total. The Morgan fingerprint density at radius 2 is 1.87 bits per heavy atom. The van der Waals surface area contributed by atoms with Gasteiger partial charge in [-0.15, -0.1) is 0 Å². The Kier molecular flexibility index (Phi) is 5.83. The summed E-state index contributed by atoms with van der Waals surface area (Å²) in [5.41, 5.74) is 1.96. The van der Waals surface area contributed by atoms with Crippen molar-refractivity contribution < 1.29 is 19.1 Å². The molecule has 1 N–H and O–H groups in total. The summed E-state index contributed by atoms with van der Waals surface area (Å²) in [5, 5.41) is 1.57. The summed E-state index contributed by atoms with van der Waals surface area (Å²) in [5.74, 6) is -0.225. The molecule has 7 heteroatoms. The van der Waals surface area contributed by atoms with Crippen LogP contribution in [0.3, 0.4) is 0 Å². The van der Waals surface area contributed by atoms with Crippen molar-refractivity contribution in [1.29, 1.82) is 0 Å². The average Bonchev–Trinajstić information content (AvgIpc) is 3.29. The summed E-state index contributed by atoms with van der Waals surface area (Å²) in [6.07, 6.45) is 2.82. The Labute approximate surface area is 179 Å². The zero-order valence-corrected chi connectivity index (χ0v) is 17.4. The van der Waals surface area contributed by atoms with Gasteiger partial charge in [-0.3, -0.25) is 24.7 Å². The lowest BCUT2D eigenvalue weighted by Crippen LogP contribution is -2.28. The van der Waals surface area contributed by atoms with Gasteiger partial charge in [0.05, 0.1) is 5.25 Å². The van der Waals surface area contributed by atoms with Gasteiger partial charge >= 0.3 is 0 Å². The summed E-state index contributed by atoms with van der Waals surface area (Å²) in [4.78, 5) is 40.1. The number of benzene rings is 2. The van der Waals surface area contributed by atoms with Crippen molar-refractivity contribution in [3.05, 3.63) is 71.3 Å². The van der Waals surface area contributed by atoms with Gasteiger partial charge in [0.1, 0.15) is 5.60 Å². The van der Waals surface area contributed by atoms with Crippen molar-refractivity contribution in [1.82, 2.24) is 5.32 Å². The second kappa shape index (κ2) is 8.53. The largest absolute Gasteiger partial charge is 0.340 e. The van der Waals surface area contributed by atoms with Crippen LogP contribution in [0.5, 0.6) is 0 Å². The summed E-state index contributed by atoms with van der Waals surface area (Å²) in [7, 11) is 0. The molecule has 4 rings (SSSR count). The fraction of sp³-hybridized carbons (Fsp3) is 0.304. The number of nitrogens with zero attached hydrogens (tertiary/aromatic N) is 1. The monoisotopic (exact) mass is 422 g/mol. The maximum atomic E-state index is 12.6. The van der Waals surface area contributed by atoms with Crippen LogP contribution in [0.25, 0.3) is 0 Å². The number of carbonyl (C=O) groups is 3. The summed E-state index contributed by atoms with van der Waals surface area (Å²) < 4.78 is 6.09. The van der Waals surface area contributed by atoms with Crippen LogP contribution in [0.1, 0.15) is 47.5 Å². The second-order valence-electron chi connectivity index (χ2n) is 7.68. The number of carbonyl (C=O) groups excluding carboxylic acids is 3. The second-order valence-corrected chi connectivity index (χ2v) is 8.85. The van der Waals surface area contributed by atoms with Crippen LogP contribution in [0.2, 0.25) is 0 Å². The number of hydrogen-bond acceptors (Lipinski definition) is 6. The van der Waals surface area contributed by atoms with Crippen molar-refractivity contribution in [3.63, 3.8) is 0 Å². The number of ketones is 1. The highest BCUT2D eigenvalue weighted by atomic mass is 32.2. The van der Waals surface area contributed by atoms with Crippen molar-refractivity contribution in [2.75, 3.05) is 0 Å². The fourth-order valence-electron chi connectivity index (χ4n) is 3.51. The van der Waals surface area contributed by atoms with Gasteiger partial charge in [-0.05, 0) is 25.3 Å². The van der Waals surface area contributed by atoms with Gasteiger partial charge in [-0.25, -0.2) is 0 Å². The molecular weight excluding hydrogens is 400 g/mol. The zero-order valence-electron chi connectivity index (χ0n) is 16.5. The smallest absolute Gasteiger partial charge is 0.286 e. The number of ether oxygens (including phenoxy) is 1. The molecule has 2 aromatic carbocycles. The van der Waals surface area contributed by atoms with Gasteiger partial charge in [0.25, 0.3) is 5.24 Å². The number of amides is 2. The maximum absolute atomic E-state index is 12.6. The molecule has 1 saturated heterocycles. The van der Waals surface area contributed by atoms with Crippen molar-refractivity contribution in [2.45, 2.75) is 43.3 Å². The van der Waals surface area contributed by atoms with Crippen LogP contribution in [0, 0.1) is 0 Å². The molecule has 154 valence electrons. The van der Waals surface area contributed by atoms with E-state index in [1.165, 1.54) is 0 Å². The average molecular weight is 423 g/mol. The first-order valence-corrected chi connectivity index (χ1v) is 10.7. The fourth-order valence-corrected chi connectivity index (χ4v) is 4.37. The number of nitrogens with one attached hydrogen (secondary N) is 1. The molecule has 2 aliphatic rings. The van der Waals surface area contributed by atoms with Gasteiger partial charge in [-0.1, -0.05) is 66.4 Å². The van der Waals surface area contributed by atoms with Crippen LogP contribution < -0.4 is 5.32 Å². The molecule has 0 spiro atoms. The third kappa shape index (κ3) is 4.68. The van der Waals surface area contributed by atoms with E-state index in [-0.39, 0.29) is 23.2 Å². The van der Waals surface area contributed by atoms with Crippen LogP contribution in [-0.4, -0.2) is 34.0 Å². The van der Waals surface area contributed by atoms with E-state index in [4.69, 9.17) is 4.74 Å². The van der Waals surface area contributed by atoms with Crippen molar-refractivity contribution in [3.8, 4) is 0 Å². The lowest BCUT2D eigenvalue weighted by molar-refractivity contribution is -0.118. The predicted octanol–water partition coefficient (Wildman–Crippen LogP) is 4.10. The van der Waals surface area contributed by atoms with E-state index in [1.807, 2.05) is 49.4 Å². The van der Waals surface area contributed by atoms with E-state index < -0.39 is 10.9 Å². The quantitative estimate of drug-likeness (QED) is 0.679. The molecule has 1 fully saturated rings. The third-order valence-electron chi connectivity index (χ3n) is 5.26. The van der Waals surface area contributed by atoms with Gasteiger partial charge in [-0.2, -0.15) is 0 Å². The van der Waals surface area contributed by atoms with E-state index in [0.29, 0.717) is 24.8 Å². The molecule has 2 aliphatic heterocycles. The molecule has 2 aromatic rings. The molecule has 3 atom stereocenters. The van der Waals surface area contributed by atoms with Crippen LogP contribution in [-0.2, 0) is 16.0 Å². The molecular formula is C23H22N2O4S. The highest BCUT2D eigenvalue weighted by Crippen LogP contribution is 2.33. The third-order valence-corrected chi connectivity index (χ3v) is 6.24. The lowest BCUT2D eigenvalue weighted by atomic mass is 9.96. The van der Waals surface area contributed by atoms with Gasteiger partial charge < -0.3 is 4.74 Å². The van der Waals surface area contributed by atoms with Crippen LogP contribution in [0.15, 0.2) is 59.6 Å². The van der Waals surface area contributed by atoms with E-state index in [1.54, 1.807) is 18.3 Å². The molecule has 0 aliphatic carbocycles. The number of thioether (sulfide) groups is 1. The Balaban J connectivity index is 1.30. The van der Waals surface area contributed by atoms with E-state index in [9.17, 15) is 14.4 Å². The van der Waals surface area contributed by atoms with Crippen molar-refractivity contribution >= 4 is 34.9 Å². The Morgan fingerprint density at radius 1 is 1.13 bits per heavy atom. The number of hydrogen-bond donors (Lipinski definition) is 1. The predicted molar refractivity (Wildman–Crippen MR) is 116 cm³/mol. The van der Waals surface area contributed by atoms with E-state index in [2.05, 4.69) is 10.3 Å². The standard InChI is InChI=1S/C23H22N2O4S/c1-23(14-24-21(29-23)17-5-3-2-4-6-17)12-11-18(26)16-9-7-15(8-10-16)13-19-20(27)25-22(28)30-19/h2-10,14,19,21H,11-13H2,1H3,(H,25,27,28). The Bertz CT molecular complexity index is 990. The first kappa shape index (κ1) is 20.5. The van der Waals surface area contributed by atoms with Crippen LogP contribution >= 0.6 is 11.8 Å². The number of Topliss-reactive ketones (excluding diaryl/α,β-unsaturated/α-hetero) is 1.